The summed E-state index contributed by atoms with van der Waals surface area (Å²) in [5, 5.41) is 1.80. The molecule has 0 saturated heterocycles. The largest absolute Gasteiger partial charge is 0.445 e. The quantitative estimate of drug-likeness (QED) is 0.877. The van der Waals surface area contributed by atoms with Gasteiger partial charge in [-0.2, -0.15) is 0 Å². The Kier molecular flexibility index (Phi) is 5.15. The third-order valence-corrected chi connectivity index (χ3v) is 4.11. The van der Waals surface area contributed by atoms with E-state index in [0.29, 0.717) is 0 Å². The van der Waals surface area contributed by atoms with Crippen molar-refractivity contribution in [2.24, 2.45) is 0 Å². The number of carbonyl (C=O) groups is 1. The van der Waals surface area contributed by atoms with Crippen molar-refractivity contribution in [3.05, 3.63) is 35.9 Å². The first kappa shape index (κ1) is 14.5. The third-order valence-electron chi connectivity index (χ3n) is 2.48. The van der Waals surface area contributed by atoms with E-state index in [1.54, 1.807) is 0 Å². The van der Waals surface area contributed by atoms with E-state index in [4.69, 9.17) is 4.74 Å². The van der Waals surface area contributed by atoms with Crippen molar-refractivity contribution in [2.75, 3.05) is 12.8 Å². The van der Waals surface area contributed by atoms with Crippen LogP contribution >= 0.6 is 0 Å². The Bertz CT molecular complexity index is 484. The van der Waals surface area contributed by atoms with Crippen LogP contribution in [-0.4, -0.2) is 32.6 Å². The Morgan fingerprint density at radius 1 is 1.33 bits per heavy atom. The molecule has 5 nitrogen and oxygen atoms in total. The Labute approximate surface area is 107 Å². The molecule has 0 radical (unpaired) electrons. The molecule has 1 rings (SSSR count). The fourth-order valence-corrected chi connectivity index (χ4v) is 1.54. The highest BCUT2D eigenvalue weighted by atomic mass is 32.2. The van der Waals surface area contributed by atoms with E-state index in [0.717, 1.165) is 11.8 Å². The molecule has 6 heteroatoms. The number of hydrogen-bond donors (Lipinski definition) is 1. The number of amides is 1. The minimum absolute atomic E-state index is 0.0481. The van der Waals surface area contributed by atoms with Gasteiger partial charge in [-0.15, -0.1) is 0 Å². The third kappa shape index (κ3) is 5.18. The molecule has 0 heterocycles. The van der Waals surface area contributed by atoms with Crippen LogP contribution in [0.2, 0.25) is 0 Å². The second-order valence-corrected chi connectivity index (χ2v) is 6.55. The maximum absolute atomic E-state index is 11.3. The zero-order valence-corrected chi connectivity index (χ0v) is 11.2. The van der Waals surface area contributed by atoms with Gasteiger partial charge >= 0.3 is 6.09 Å². The number of ether oxygens (including phenoxy) is 1. The molecule has 0 saturated carbocycles. The van der Waals surface area contributed by atoms with Gasteiger partial charge in [-0.25, -0.2) is 13.2 Å². The van der Waals surface area contributed by atoms with Crippen molar-refractivity contribution >= 4 is 15.9 Å². The monoisotopic (exact) mass is 271 g/mol. The van der Waals surface area contributed by atoms with E-state index in [1.165, 1.54) is 6.92 Å². The Balaban J connectivity index is 2.31. The van der Waals surface area contributed by atoms with E-state index in [9.17, 15) is 13.2 Å². The Hall–Kier alpha value is -1.56. The number of rotatable bonds is 5. The number of alkyl carbamates (subject to hydrolysis) is 1. The summed E-state index contributed by atoms with van der Waals surface area (Å²) in [7, 11) is -3.14. The second-order valence-electron chi connectivity index (χ2n) is 4.08. The van der Waals surface area contributed by atoms with E-state index in [-0.39, 0.29) is 13.2 Å². The van der Waals surface area contributed by atoms with E-state index in [1.807, 2.05) is 30.3 Å². The molecule has 18 heavy (non-hydrogen) atoms. The van der Waals surface area contributed by atoms with Gasteiger partial charge in [-0.3, -0.25) is 0 Å². The van der Waals surface area contributed by atoms with Crippen LogP contribution in [0.1, 0.15) is 12.5 Å². The lowest BCUT2D eigenvalue weighted by atomic mass is 10.2. The summed E-state index contributed by atoms with van der Waals surface area (Å²) >= 11 is 0. The fourth-order valence-electron chi connectivity index (χ4n) is 1.15. The summed E-state index contributed by atoms with van der Waals surface area (Å²) < 4.78 is 27.2. The normalized spacial score (nSPS) is 12.8. The van der Waals surface area contributed by atoms with Crippen LogP contribution in [0, 0.1) is 0 Å². The van der Waals surface area contributed by atoms with Gasteiger partial charge in [0, 0.05) is 12.8 Å². The lowest BCUT2D eigenvalue weighted by Crippen LogP contribution is -2.34. The fraction of sp³-hybridized carbons (Fsp3) is 0.417. The highest BCUT2D eigenvalue weighted by Gasteiger charge is 2.15. The standard InChI is InChI=1S/C12H17NO4S/c1-10(18(2,15)16)8-13-12(14)17-9-11-6-4-3-5-7-11/h3-7,10H,8-9H2,1-2H3,(H,13,14). The number of nitrogens with one attached hydrogen (secondary N) is 1. The summed E-state index contributed by atoms with van der Waals surface area (Å²) in [5.41, 5.74) is 0.879. The van der Waals surface area contributed by atoms with Crippen LogP contribution < -0.4 is 5.32 Å². The highest BCUT2D eigenvalue weighted by Crippen LogP contribution is 2.01. The van der Waals surface area contributed by atoms with Crippen LogP contribution in [0.25, 0.3) is 0 Å². The smallest absolute Gasteiger partial charge is 0.407 e. The summed E-state index contributed by atoms with van der Waals surface area (Å²) in [4.78, 5) is 11.3. The van der Waals surface area contributed by atoms with Crippen molar-refractivity contribution in [3.8, 4) is 0 Å². The maximum atomic E-state index is 11.3. The van der Waals surface area contributed by atoms with Crippen LogP contribution in [0.3, 0.4) is 0 Å². The second kappa shape index (κ2) is 6.39. The molecule has 0 bridgehead atoms. The maximum Gasteiger partial charge on any atom is 0.407 e. The molecule has 100 valence electrons. The Morgan fingerprint density at radius 2 is 1.94 bits per heavy atom. The first-order valence-electron chi connectivity index (χ1n) is 5.53. The van der Waals surface area contributed by atoms with Gasteiger partial charge in [0.05, 0.1) is 5.25 Å². The molecule has 0 aromatic heterocycles. The van der Waals surface area contributed by atoms with Crippen LogP contribution in [-0.2, 0) is 21.2 Å². The average Bonchev–Trinajstić information content (AvgIpc) is 2.33. The molecular formula is C12H17NO4S. The first-order chi connectivity index (χ1) is 8.39. The summed E-state index contributed by atoms with van der Waals surface area (Å²) in [6, 6.07) is 9.25. The molecule has 0 aliphatic heterocycles. The van der Waals surface area contributed by atoms with Crippen molar-refractivity contribution in [2.45, 2.75) is 18.8 Å². The Morgan fingerprint density at radius 3 is 2.50 bits per heavy atom. The SMILES string of the molecule is CC(CNC(=O)OCc1ccccc1)S(C)(=O)=O. The van der Waals surface area contributed by atoms with Crippen molar-refractivity contribution in [1.29, 1.82) is 0 Å². The predicted molar refractivity (Wildman–Crippen MR) is 68.9 cm³/mol. The van der Waals surface area contributed by atoms with Crippen molar-refractivity contribution in [1.82, 2.24) is 5.32 Å². The molecular weight excluding hydrogens is 254 g/mol. The number of sulfone groups is 1. The zero-order chi connectivity index (χ0) is 13.6. The van der Waals surface area contributed by atoms with Gasteiger partial charge in [0.15, 0.2) is 9.84 Å². The van der Waals surface area contributed by atoms with E-state index >= 15 is 0 Å². The summed E-state index contributed by atoms with van der Waals surface area (Å²) in [5.74, 6) is 0. The molecule has 1 N–H and O–H groups in total. The summed E-state index contributed by atoms with van der Waals surface area (Å²) in [6.45, 7) is 1.75. The van der Waals surface area contributed by atoms with Gasteiger partial charge in [0.25, 0.3) is 0 Å². The molecule has 1 amide bonds. The lowest BCUT2D eigenvalue weighted by molar-refractivity contribution is 0.140. The summed E-state index contributed by atoms with van der Waals surface area (Å²) in [6.07, 6.45) is 0.517. The predicted octanol–water partition coefficient (Wildman–Crippen LogP) is 1.35. The molecule has 1 aromatic carbocycles. The van der Waals surface area contributed by atoms with E-state index in [2.05, 4.69) is 5.32 Å². The molecule has 0 aliphatic rings. The van der Waals surface area contributed by atoms with Gasteiger partial charge in [-0.05, 0) is 12.5 Å². The van der Waals surface area contributed by atoms with Crippen LogP contribution in [0.15, 0.2) is 30.3 Å². The van der Waals surface area contributed by atoms with Gasteiger partial charge in [0.2, 0.25) is 0 Å². The zero-order valence-electron chi connectivity index (χ0n) is 10.4. The topological polar surface area (TPSA) is 72.5 Å². The van der Waals surface area contributed by atoms with Gasteiger partial charge in [-0.1, -0.05) is 30.3 Å². The lowest BCUT2D eigenvalue weighted by Gasteiger charge is -2.11. The molecule has 0 spiro atoms. The van der Waals surface area contributed by atoms with Crippen LogP contribution in [0.4, 0.5) is 4.79 Å². The number of carbonyl (C=O) groups excluding carboxylic acids is 1. The van der Waals surface area contributed by atoms with Gasteiger partial charge in [0.1, 0.15) is 6.61 Å². The van der Waals surface area contributed by atoms with E-state index < -0.39 is 21.2 Å². The molecule has 1 atom stereocenters. The molecule has 1 aromatic rings. The van der Waals surface area contributed by atoms with Gasteiger partial charge < -0.3 is 10.1 Å². The molecule has 0 fully saturated rings. The minimum atomic E-state index is -3.14. The van der Waals surface area contributed by atoms with Crippen LogP contribution in [0.5, 0.6) is 0 Å². The van der Waals surface area contributed by atoms with Crippen molar-refractivity contribution < 1.29 is 17.9 Å². The van der Waals surface area contributed by atoms with Crippen molar-refractivity contribution in [3.63, 3.8) is 0 Å². The molecule has 0 aliphatic carbocycles. The number of hydrogen-bond acceptors (Lipinski definition) is 4. The number of benzene rings is 1. The first-order valence-corrected chi connectivity index (χ1v) is 7.48. The average molecular weight is 271 g/mol. The minimum Gasteiger partial charge on any atom is -0.445 e. The molecule has 1 unspecified atom stereocenters. The highest BCUT2D eigenvalue weighted by molar-refractivity contribution is 7.91.